The Bertz CT molecular complexity index is 743. The van der Waals surface area contributed by atoms with Gasteiger partial charge in [0.25, 0.3) is 5.91 Å². The fraction of sp³-hybridized carbons (Fsp3) is 0. The molecule has 1 fully saturated rings. The highest BCUT2D eigenvalue weighted by Gasteiger charge is 2.33. The molecule has 21 heavy (non-hydrogen) atoms. The number of nitrogens with one attached hydrogen (secondary N) is 1. The van der Waals surface area contributed by atoms with E-state index in [4.69, 9.17) is 12.2 Å². The van der Waals surface area contributed by atoms with E-state index in [1.54, 1.807) is 18.2 Å². The second-order valence-electron chi connectivity index (χ2n) is 4.49. The average molecular weight is 298 g/mol. The summed E-state index contributed by atoms with van der Waals surface area (Å²) in [6.07, 6.45) is 1.69. The number of nitrogens with zero attached hydrogens (tertiary/aromatic N) is 1. The number of halogens is 1. The van der Waals surface area contributed by atoms with E-state index in [1.165, 1.54) is 17.0 Å². The van der Waals surface area contributed by atoms with Gasteiger partial charge >= 0.3 is 0 Å². The summed E-state index contributed by atoms with van der Waals surface area (Å²) in [6.45, 7) is 0. The van der Waals surface area contributed by atoms with E-state index in [2.05, 4.69) is 5.32 Å². The van der Waals surface area contributed by atoms with E-state index in [0.717, 1.165) is 5.56 Å². The zero-order valence-electron chi connectivity index (χ0n) is 10.9. The summed E-state index contributed by atoms with van der Waals surface area (Å²) in [7, 11) is 0. The van der Waals surface area contributed by atoms with Crippen molar-refractivity contribution in [2.24, 2.45) is 0 Å². The number of hydrogen-bond donors (Lipinski definition) is 1. The number of benzene rings is 2. The van der Waals surface area contributed by atoms with Crippen molar-refractivity contribution in [3.8, 4) is 0 Å². The predicted molar refractivity (Wildman–Crippen MR) is 84.0 cm³/mol. The molecule has 0 saturated carbocycles. The fourth-order valence-electron chi connectivity index (χ4n) is 2.10. The second-order valence-corrected chi connectivity index (χ2v) is 4.88. The van der Waals surface area contributed by atoms with Crippen LogP contribution in [0.25, 0.3) is 6.08 Å². The first-order valence-corrected chi connectivity index (χ1v) is 6.74. The summed E-state index contributed by atoms with van der Waals surface area (Å²) in [5.41, 5.74) is 1.34. The highest BCUT2D eigenvalue weighted by Crippen LogP contribution is 2.24. The van der Waals surface area contributed by atoms with E-state index in [9.17, 15) is 9.18 Å². The molecule has 3 rings (SSSR count). The summed E-state index contributed by atoms with van der Waals surface area (Å²) < 4.78 is 13.8. The third kappa shape index (κ3) is 2.55. The standard InChI is InChI=1S/C16H11FN2OS/c17-12-8-4-5-9-14(12)19-15(20)13(18-16(19)21)10-11-6-2-1-3-7-11/h1-10H,(H,18,21)/b13-10+. The normalized spacial score (nSPS) is 16.4. The molecule has 3 nitrogen and oxygen atoms in total. The molecule has 0 aliphatic carbocycles. The van der Waals surface area contributed by atoms with Crippen molar-refractivity contribution in [3.05, 3.63) is 71.7 Å². The van der Waals surface area contributed by atoms with Crippen molar-refractivity contribution in [2.45, 2.75) is 0 Å². The van der Waals surface area contributed by atoms with E-state index in [1.807, 2.05) is 30.3 Å². The maximum Gasteiger partial charge on any atom is 0.281 e. The lowest BCUT2D eigenvalue weighted by atomic mass is 10.2. The quantitative estimate of drug-likeness (QED) is 0.683. The molecule has 1 saturated heterocycles. The second kappa shape index (κ2) is 5.46. The van der Waals surface area contributed by atoms with E-state index in [-0.39, 0.29) is 16.7 Å². The molecule has 5 heteroatoms. The van der Waals surface area contributed by atoms with Gasteiger partial charge < -0.3 is 5.32 Å². The number of carbonyl (C=O) groups is 1. The number of amides is 1. The van der Waals surface area contributed by atoms with Crippen LogP contribution in [-0.2, 0) is 4.79 Å². The number of carbonyl (C=O) groups excluding carboxylic acids is 1. The Balaban J connectivity index is 1.97. The van der Waals surface area contributed by atoms with Crippen LogP contribution in [0.3, 0.4) is 0 Å². The first kappa shape index (κ1) is 13.5. The van der Waals surface area contributed by atoms with Crippen molar-refractivity contribution in [1.29, 1.82) is 0 Å². The van der Waals surface area contributed by atoms with Crippen molar-refractivity contribution in [3.63, 3.8) is 0 Å². The topological polar surface area (TPSA) is 32.3 Å². The molecule has 0 atom stereocenters. The Morgan fingerprint density at radius 1 is 1.05 bits per heavy atom. The maximum atomic E-state index is 13.8. The number of thiocarbonyl (C=S) groups is 1. The van der Waals surface area contributed by atoms with E-state index < -0.39 is 5.82 Å². The lowest BCUT2D eigenvalue weighted by Gasteiger charge is -2.14. The lowest BCUT2D eigenvalue weighted by molar-refractivity contribution is -0.113. The first-order valence-electron chi connectivity index (χ1n) is 6.33. The average Bonchev–Trinajstić information content (AvgIpc) is 2.76. The minimum atomic E-state index is -0.490. The molecule has 104 valence electrons. The summed E-state index contributed by atoms with van der Waals surface area (Å²) in [6, 6.07) is 15.4. The third-order valence-electron chi connectivity index (χ3n) is 3.08. The highest BCUT2D eigenvalue weighted by atomic mass is 32.1. The van der Waals surface area contributed by atoms with Crippen molar-refractivity contribution < 1.29 is 9.18 Å². The Hall–Kier alpha value is -2.53. The Labute approximate surface area is 126 Å². The summed E-state index contributed by atoms with van der Waals surface area (Å²) in [5, 5.41) is 3.00. The Kier molecular flexibility index (Phi) is 3.50. The van der Waals surface area contributed by atoms with Gasteiger partial charge in [0, 0.05) is 0 Å². The van der Waals surface area contributed by atoms with Crippen molar-refractivity contribution in [2.75, 3.05) is 4.90 Å². The minimum Gasteiger partial charge on any atom is -0.327 e. The van der Waals surface area contributed by atoms with E-state index in [0.29, 0.717) is 5.70 Å². The smallest absolute Gasteiger partial charge is 0.281 e. The monoisotopic (exact) mass is 298 g/mol. The summed E-state index contributed by atoms with van der Waals surface area (Å²) in [4.78, 5) is 13.6. The van der Waals surface area contributed by atoms with Crippen LogP contribution in [0.1, 0.15) is 5.56 Å². The van der Waals surface area contributed by atoms with Gasteiger partial charge in [0.1, 0.15) is 11.5 Å². The van der Waals surface area contributed by atoms with Crippen LogP contribution >= 0.6 is 12.2 Å². The molecular weight excluding hydrogens is 287 g/mol. The zero-order valence-corrected chi connectivity index (χ0v) is 11.7. The molecule has 1 amide bonds. The lowest BCUT2D eigenvalue weighted by Crippen LogP contribution is -2.31. The molecule has 1 aliphatic heterocycles. The molecule has 0 spiro atoms. The van der Waals surface area contributed by atoms with Crippen LogP contribution in [-0.4, -0.2) is 11.0 Å². The van der Waals surface area contributed by atoms with Crippen LogP contribution < -0.4 is 10.2 Å². The van der Waals surface area contributed by atoms with Gasteiger partial charge in [-0.2, -0.15) is 0 Å². The number of rotatable bonds is 2. The fourth-order valence-corrected chi connectivity index (χ4v) is 2.39. The van der Waals surface area contributed by atoms with Gasteiger partial charge in [0.2, 0.25) is 0 Å². The maximum absolute atomic E-state index is 13.8. The minimum absolute atomic E-state index is 0.150. The molecule has 0 aromatic heterocycles. The van der Waals surface area contributed by atoms with Gasteiger partial charge in [0.15, 0.2) is 5.11 Å². The molecule has 1 N–H and O–H groups in total. The van der Waals surface area contributed by atoms with Gasteiger partial charge in [-0.25, -0.2) is 9.29 Å². The van der Waals surface area contributed by atoms with Crippen molar-refractivity contribution in [1.82, 2.24) is 5.32 Å². The van der Waals surface area contributed by atoms with Crippen LogP contribution in [0.5, 0.6) is 0 Å². The zero-order chi connectivity index (χ0) is 14.8. The van der Waals surface area contributed by atoms with Gasteiger partial charge in [0.05, 0.1) is 5.69 Å². The Morgan fingerprint density at radius 2 is 1.71 bits per heavy atom. The third-order valence-corrected chi connectivity index (χ3v) is 3.37. The molecular formula is C16H11FN2OS. The predicted octanol–water partition coefficient (Wildman–Crippen LogP) is 3.09. The van der Waals surface area contributed by atoms with Crippen molar-refractivity contribution >= 4 is 35.0 Å². The molecule has 2 aromatic rings. The number of anilines is 1. The Morgan fingerprint density at radius 3 is 2.43 bits per heavy atom. The van der Waals surface area contributed by atoms with Crippen LogP contribution in [0.15, 0.2) is 60.3 Å². The molecule has 1 aliphatic rings. The van der Waals surface area contributed by atoms with E-state index >= 15 is 0 Å². The van der Waals surface area contributed by atoms with Gasteiger partial charge in [-0.05, 0) is 36.0 Å². The van der Waals surface area contributed by atoms with Gasteiger partial charge in [-0.15, -0.1) is 0 Å². The molecule has 0 radical (unpaired) electrons. The molecule has 1 heterocycles. The summed E-state index contributed by atoms with van der Waals surface area (Å²) in [5.74, 6) is -0.857. The SMILES string of the molecule is O=C1/C(=C\c2ccccc2)NC(=S)N1c1ccccc1F. The number of hydrogen-bond acceptors (Lipinski definition) is 2. The molecule has 0 unspecified atom stereocenters. The molecule has 2 aromatic carbocycles. The highest BCUT2D eigenvalue weighted by molar-refractivity contribution is 7.80. The van der Waals surface area contributed by atoms with Crippen LogP contribution in [0.4, 0.5) is 10.1 Å². The van der Waals surface area contributed by atoms with Gasteiger partial charge in [-0.1, -0.05) is 42.5 Å². The largest absolute Gasteiger partial charge is 0.327 e. The number of para-hydroxylation sites is 1. The van der Waals surface area contributed by atoms with Crippen LogP contribution in [0, 0.1) is 5.82 Å². The van der Waals surface area contributed by atoms with Gasteiger partial charge in [-0.3, -0.25) is 4.79 Å². The first-order chi connectivity index (χ1) is 10.2. The van der Waals surface area contributed by atoms with Crippen LogP contribution in [0.2, 0.25) is 0 Å². The summed E-state index contributed by atoms with van der Waals surface area (Å²) >= 11 is 5.14. The molecule has 0 bridgehead atoms.